The molecule has 7 heteroatoms. The van der Waals surface area contributed by atoms with Crippen molar-refractivity contribution in [2.75, 3.05) is 7.11 Å². The molecule has 0 aliphatic heterocycles. The second-order valence-electron chi connectivity index (χ2n) is 17.2. The zero-order chi connectivity index (χ0) is 34.2. The molecular formula is C38H66O5Si2. The Labute approximate surface area is 278 Å². The van der Waals surface area contributed by atoms with Crippen molar-refractivity contribution in [2.24, 2.45) is 11.3 Å². The summed E-state index contributed by atoms with van der Waals surface area (Å²) in [6.45, 7) is 34.4. The first-order valence-corrected chi connectivity index (χ1v) is 23.3. The molecular weight excluding hydrogens is 593 g/mol. The van der Waals surface area contributed by atoms with Crippen LogP contribution in [0.15, 0.2) is 47.1 Å². The van der Waals surface area contributed by atoms with Crippen molar-refractivity contribution in [3.63, 3.8) is 0 Å². The lowest BCUT2D eigenvalue weighted by molar-refractivity contribution is -0.156. The molecule has 0 N–H and O–H groups in total. The van der Waals surface area contributed by atoms with E-state index in [2.05, 4.69) is 106 Å². The maximum Gasteiger partial charge on any atom is 0.334 e. The standard InChI is InChI=1S/C38H66O5Si2/c1-16-33(35(39)40-11)41-27(3)31-21-22-32-28(18-17-23-38(31,32)10)19-20-29-24-30(42-44(12,13)36(4,5)6)25-34(26(29)2)43-45(14,15)37(7,8)9/h19-21,27,30,32-34H,2,16-18,22-25H2,1,3-15H3/b28-19+,29-20-/t27?,30-,32+,33+,34+,38-/m1/s1. The Morgan fingerprint density at radius 3 is 2.22 bits per heavy atom. The van der Waals surface area contributed by atoms with Crippen LogP contribution in [-0.4, -0.2) is 54.1 Å². The van der Waals surface area contributed by atoms with Gasteiger partial charge in [0.1, 0.15) is 0 Å². The largest absolute Gasteiger partial charge is 0.467 e. The average molecular weight is 659 g/mol. The van der Waals surface area contributed by atoms with Gasteiger partial charge in [-0.1, -0.05) is 85.8 Å². The summed E-state index contributed by atoms with van der Waals surface area (Å²) < 4.78 is 25.4. The average Bonchev–Trinajstić information content (AvgIpc) is 3.28. The number of carbonyl (C=O) groups is 1. The Morgan fingerprint density at radius 1 is 1.07 bits per heavy atom. The van der Waals surface area contributed by atoms with Crippen molar-refractivity contribution in [1.82, 2.24) is 0 Å². The summed E-state index contributed by atoms with van der Waals surface area (Å²) in [4.78, 5) is 12.3. The van der Waals surface area contributed by atoms with Gasteiger partial charge in [-0.3, -0.25) is 0 Å². The van der Waals surface area contributed by atoms with Gasteiger partial charge in [0.15, 0.2) is 22.7 Å². The van der Waals surface area contributed by atoms with Gasteiger partial charge in [0.25, 0.3) is 0 Å². The molecule has 0 amide bonds. The molecule has 0 saturated heterocycles. The summed E-state index contributed by atoms with van der Waals surface area (Å²) >= 11 is 0. The Balaban J connectivity index is 1.90. The highest BCUT2D eigenvalue weighted by Crippen LogP contribution is 2.56. The van der Waals surface area contributed by atoms with E-state index in [1.54, 1.807) is 0 Å². The molecule has 2 fully saturated rings. The van der Waals surface area contributed by atoms with E-state index in [4.69, 9.17) is 18.3 Å². The fourth-order valence-electron chi connectivity index (χ4n) is 7.02. The van der Waals surface area contributed by atoms with Crippen molar-refractivity contribution in [3.8, 4) is 0 Å². The molecule has 1 unspecified atom stereocenters. The number of hydrogen-bond acceptors (Lipinski definition) is 5. The van der Waals surface area contributed by atoms with Gasteiger partial charge < -0.3 is 18.3 Å². The molecule has 0 heterocycles. The molecule has 3 aliphatic rings. The molecule has 0 radical (unpaired) electrons. The lowest BCUT2D eigenvalue weighted by atomic mass is 9.63. The second kappa shape index (κ2) is 14.1. The minimum Gasteiger partial charge on any atom is -0.467 e. The van der Waals surface area contributed by atoms with Crippen LogP contribution < -0.4 is 0 Å². The molecule has 0 aromatic rings. The van der Waals surface area contributed by atoms with Gasteiger partial charge in [0.2, 0.25) is 0 Å². The predicted octanol–water partition coefficient (Wildman–Crippen LogP) is 10.5. The molecule has 6 atom stereocenters. The van der Waals surface area contributed by atoms with Crippen LogP contribution in [0.25, 0.3) is 0 Å². The van der Waals surface area contributed by atoms with Crippen molar-refractivity contribution in [3.05, 3.63) is 47.1 Å². The van der Waals surface area contributed by atoms with E-state index in [9.17, 15) is 4.79 Å². The molecule has 0 aromatic carbocycles. The minimum absolute atomic E-state index is 0.0187. The fraction of sp³-hybridized carbons (Fsp3) is 0.763. The van der Waals surface area contributed by atoms with E-state index >= 15 is 0 Å². The molecule has 3 aliphatic carbocycles. The number of rotatable bonds is 10. The number of ether oxygens (including phenoxy) is 2. The van der Waals surface area contributed by atoms with Crippen molar-refractivity contribution >= 4 is 22.6 Å². The van der Waals surface area contributed by atoms with Crippen LogP contribution in [-0.2, 0) is 23.1 Å². The summed E-state index contributed by atoms with van der Waals surface area (Å²) in [5, 5.41) is 0.276. The SMILES string of the molecule is C=C1/C(=C\C=C2/CCC[C@]3(C)C(C(C)O[C@@H](CC)C(=O)OC)=CC[C@@H]23)C[C@@H](O[Si](C)(C)C(C)(C)C)C[C@@H]1O[Si](C)(C)C(C)(C)C. The van der Waals surface area contributed by atoms with Gasteiger partial charge in [-0.25, -0.2) is 4.79 Å². The Morgan fingerprint density at radius 2 is 1.67 bits per heavy atom. The van der Waals surface area contributed by atoms with Crippen LogP contribution in [0.3, 0.4) is 0 Å². The summed E-state index contributed by atoms with van der Waals surface area (Å²) in [5.74, 6) is 0.151. The monoisotopic (exact) mass is 658 g/mol. The van der Waals surface area contributed by atoms with E-state index in [0.29, 0.717) is 12.3 Å². The first kappa shape index (κ1) is 38.2. The number of esters is 1. The minimum atomic E-state index is -2.01. The van der Waals surface area contributed by atoms with Crippen LogP contribution in [0.2, 0.25) is 36.3 Å². The van der Waals surface area contributed by atoms with Crippen molar-refractivity contribution in [2.45, 2.75) is 168 Å². The first-order valence-electron chi connectivity index (χ1n) is 17.5. The number of allylic oxidation sites excluding steroid dienone is 4. The third-order valence-electron chi connectivity index (χ3n) is 12.0. The summed E-state index contributed by atoms with van der Waals surface area (Å²) in [5.41, 5.74) is 5.28. The quantitative estimate of drug-likeness (QED) is 0.133. The van der Waals surface area contributed by atoms with Gasteiger partial charge in [-0.2, -0.15) is 0 Å². The summed E-state index contributed by atoms with van der Waals surface area (Å²) in [6.07, 6.45) is 13.4. The number of carbonyl (C=O) groups excluding carboxylic acids is 1. The fourth-order valence-corrected chi connectivity index (χ4v) is 9.69. The van der Waals surface area contributed by atoms with E-state index in [-0.39, 0.29) is 39.8 Å². The van der Waals surface area contributed by atoms with Crippen LogP contribution in [0.1, 0.15) is 107 Å². The molecule has 0 bridgehead atoms. The molecule has 45 heavy (non-hydrogen) atoms. The van der Waals surface area contributed by atoms with Gasteiger partial charge in [0, 0.05) is 6.42 Å². The lowest BCUT2D eigenvalue weighted by Gasteiger charge is -2.45. The molecule has 3 rings (SSSR count). The lowest BCUT2D eigenvalue weighted by Crippen LogP contribution is -2.49. The zero-order valence-corrected chi connectivity index (χ0v) is 33.3. The van der Waals surface area contributed by atoms with E-state index in [1.807, 2.05) is 6.92 Å². The molecule has 0 spiro atoms. The Hall–Kier alpha value is -1.26. The predicted molar refractivity (Wildman–Crippen MR) is 193 cm³/mol. The molecule has 0 aromatic heterocycles. The van der Waals surface area contributed by atoms with Crippen LogP contribution >= 0.6 is 0 Å². The Kier molecular flexibility index (Phi) is 11.9. The van der Waals surface area contributed by atoms with E-state index in [0.717, 1.165) is 44.1 Å². The second-order valence-corrected chi connectivity index (χ2v) is 26.7. The van der Waals surface area contributed by atoms with Gasteiger partial charge in [-0.15, -0.1) is 0 Å². The maximum absolute atomic E-state index is 12.3. The van der Waals surface area contributed by atoms with Crippen LogP contribution in [0, 0.1) is 11.3 Å². The van der Waals surface area contributed by atoms with Gasteiger partial charge >= 0.3 is 5.97 Å². The molecule has 5 nitrogen and oxygen atoms in total. The highest BCUT2D eigenvalue weighted by atomic mass is 28.4. The highest BCUT2D eigenvalue weighted by molar-refractivity contribution is 6.74. The van der Waals surface area contributed by atoms with Crippen LogP contribution in [0.4, 0.5) is 0 Å². The zero-order valence-electron chi connectivity index (χ0n) is 31.3. The molecule has 256 valence electrons. The summed E-state index contributed by atoms with van der Waals surface area (Å²) in [6, 6.07) is 0. The number of hydrogen-bond donors (Lipinski definition) is 0. The maximum atomic E-state index is 12.3. The van der Waals surface area contributed by atoms with E-state index < -0.39 is 22.7 Å². The van der Waals surface area contributed by atoms with E-state index in [1.165, 1.54) is 23.8 Å². The smallest absolute Gasteiger partial charge is 0.334 e. The van der Waals surface area contributed by atoms with Crippen LogP contribution in [0.5, 0.6) is 0 Å². The molecule has 2 saturated carbocycles. The topological polar surface area (TPSA) is 54.0 Å². The van der Waals surface area contributed by atoms with Crippen molar-refractivity contribution < 1.29 is 23.1 Å². The summed E-state index contributed by atoms with van der Waals surface area (Å²) in [7, 11) is -2.54. The third-order valence-corrected chi connectivity index (χ3v) is 21.0. The number of methoxy groups -OCH3 is 1. The van der Waals surface area contributed by atoms with Gasteiger partial charge in [0.05, 0.1) is 25.4 Å². The Bertz CT molecular complexity index is 1180. The number of fused-ring (bicyclic) bond motifs is 1. The first-order chi connectivity index (χ1) is 20.6. The van der Waals surface area contributed by atoms with Gasteiger partial charge in [-0.05, 0) is 110 Å². The third kappa shape index (κ3) is 8.43. The highest BCUT2D eigenvalue weighted by Gasteiger charge is 2.48. The normalized spacial score (nSPS) is 29.9. The van der Waals surface area contributed by atoms with Crippen molar-refractivity contribution in [1.29, 1.82) is 0 Å².